The van der Waals surface area contributed by atoms with E-state index in [-0.39, 0.29) is 17.9 Å². The van der Waals surface area contributed by atoms with E-state index in [1.165, 1.54) is 6.42 Å². The second-order valence-electron chi connectivity index (χ2n) is 7.44. The predicted molar refractivity (Wildman–Crippen MR) is 118 cm³/mol. The number of rotatable bonds is 7. The van der Waals surface area contributed by atoms with Gasteiger partial charge in [0.1, 0.15) is 7.14 Å². The predicted octanol–water partition coefficient (Wildman–Crippen LogP) is 3.77. The van der Waals surface area contributed by atoms with Crippen molar-refractivity contribution >= 4 is 29.9 Å². The molecule has 1 amide bonds. The molecule has 2 aromatic rings. The highest BCUT2D eigenvalue weighted by Gasteiger charge is 2.27. The first-order valence-corrected chi connectivity index (χ1v) is 12.0. The van der Waals surface area contributed by atoms with Crippen LogP contribution in [0.15, 0.2) is 65.7 Å². The van der Waals surface area contributed by atoms with Gasteiger partial charge in [0.25, 0.3) is 0 Å². The Morgan fingerprint density at radius 3 is 2.18 bits per heavy atom. The second kappa shape index (κ2) is 9.84. The van der Waals surface area contributed by atoms with Crippen LogP contribution >= 0.6 is 7.14 Å². The summed E-state index contributed by atoms with van der Waals surface area (Å²) in [5.74, 6) is 0.286. The van der Waals surface area contributed by atoms with Crippen molar-refractivity contribution in [2.24, 2.45) is 10.9 Å². The molecule has 0 saturated heterocycles. The number of hydrogen-bond acceptors (Lipinski definition) is 3. The zero-order chi connectivity index (χ0) is 19.8. The van der Waals surface area contributed by atoms with Gasteiger partial charge in [-0.15, -0.1) is 0 Å². The highest BCUT2D eigenvalue weighted by Crippen LogP contribution is 2.42. The van der Waals surface area contributed by atoms with Crippen molar-refractivity contribution in [3.8, 4) is 0 Å². The molecule has 0 heterocycles. The maximum atomic E-state index is 13.9. The molecule has 4 nitrogen and oxygen atoms in total. The van der Waals surface area contributed by atoms with Gasteiger partial charge in [0.05, 0.1) is 0 Å². The number of benzene rings is 2. The lowest BCUT2D eigenvalue weighted by molar-refractivity contribution is -0.120. The molecule has 148 valence electrons. The fourth-order valence-electron chi connectivity index (χ4n) is 3.93. The summed E-state index contributed by atoms with van der Waals surface area (Å²) in [6.45, 7) is 2.09. The zero-order valence-corrected chi connectivity index (χ0v) is 17.4. The van der Waals surface area contributed by atoms with Crippen LogP contribution in [0, 0.1) is 5.92 Å². The molecule has 0 aliphatic heterocycles. The second-order valence-corrected chi connectivity index (χ2v) is 10.4. The van der Waals surface area contributed by atoms with E-state index in [1.807, 2.05) is 66.9 Å². The highest BCUT2D eigenvalue weighted by molar-refractivity contribution is 7.78. The van der Waals surface area contributed by atoms with Crippen molar-refractivity contribution in [3.05, 3.63) is 60.7 Å². The van der Waals surface area contributed by atoms with E-state index >= 15 is 0 Å². The molecule has 2 atom stereocenters. The molecule has 1 N–H and O–H groups in total. The Bertz CT molecular complexity index is 793. The quantitative estimate of drug-likeness (QED) is 0.572. The van der Waals surface area contributed by atoms with Crippen molar-refractivity contribution in [3.63, 3.8) is 0 Å². The Morgan fingerprint density at radius 1 is 1.04 bits per heavy atom. The Labute approximate surface area is 167 Å². The van der Waals surface area contributed by atoms with Crippen LogP contribution < -0.4 is 15.9 Å². The molecule has 3 rings (SSSR count). The summed E-state index contributed by atoms with van der Waals surface area (Å²) in [7, 11) is -2.72. The summed E-state index contributed by atoms with van der Waals surface area (Å²) in [5.41, 5.74) is 0. The maximum absolute atomic E-state index is 13.9. The number of aliphatic imine (C=N–C) groups is 1. The summed E-state index contributed by atoms with van der Waals surface area (Å²) in [4.78, 5) is 16.1. The van der Waals surface area contributed by atoms with Crippen LogP contribution in [0.4, 0.5) is 0 Å². The standard InChI is InChI=1S/C23H29N2O2P/c1-19(26)25-23-15-9-8-10-20(23)18-24-16-17-28(27,21-11-4-2-5-12-21)22-13-6-3-7-14-22/h2-7,11-14,18,20,23H,8-10,15-17H2,1H3,(H,25,26)/b24-18+/t20?,23-/m1/s1. The van der Waals surface area contributed by atoms with Crippen LogP contribution in [0.3, 0.4) is 0 Å². The van der Waals surface area contributed by atoms with Gasteiger partial charge in [-0.25, -0.2) is 0 Å². The summed E-state index contributed by atoms with van der Waals surface area (Å²) >= 11 is 0. The third-order valence-corrected chi connectivity index (χ3v) is 8.49. The Morgan fingerprint density at radius 2 is 1.61 bits per heavy atom. The number of carbonyl (C=O) groups excluding carboxylic acids is 1. The fraction of sp³-hybridized carbons (Fsp3) is 0.391. The lowest BCUT2D eigenvalue weighted by atomic mass is 9.85. The van der Waals surface area contributed by atoms with E-state index in [0.29, 0.717) is 12.7 Å². The van der Waals surface area contributed by atoms with Crippen molar-refractivity contribution in [2.75, 3.05) is 12.7 Å². The average Bonchev–Trinajstić information content (AvgIpc) is 2.73. The van der Waals surface area contributed by atoms with E-state index in [1.54, 1.807) is 6.92 Å². The minimum absolute atomic E-state index is 0.0166. The normalized spacial score (nSPS) is 20.2. The fourth-order valence-corrected chi connectivity index (χ4v) is 6.45. The first-order valence-electron chi connectivity index (χ1n) is 10.1. The van der Waals surface area contributed by atoms with Crippen molar-refractivity contribution in [1.82, 2.24) is 5.32 Å². The molecule has 0 aromatic heterocycles. The minimum Gasteiger partial charge on any atom is -0.353 e. The summed E-state index contributed by atoms with van der Waals surface area (Å²) in [6.07, 6.45) is 6.85. The van der Waals surface area contributed by atoms with Crippen molar-refractivity contribution in [2.45, 2.75) is 38.6 Å². The van der Waals surface area contributed by atoms with Crippen LogP contribution in [-0.4, -0.2) is 30.9 Å². The monoisotopic (exact) mass is 396 g/mol. The topological polar surface area (TPSA) is 58.5 Å². The maximum Gasteiger partial charge on any atom is 0.217 e. The molecule has 0 radical (unpaired) electrons. The van der Waals surface area contributed by atoms with E-state index in [2.05, 4.69) is 10.3 Å². The Balaban J connectivity index is 1.71. The molecule has 28 heavy (non-hydrogen) atoms. The minimum atomic E-state index is -2.72. The van der Waals surface area contributed by atoms with Crippen LogP contribution in [0.2, 0.25) is 0 Å². The molecule has 1 unspecified atom stereocenters. The Hall–Kier alpha value is -2.19. The van der Waals surface area contributed by atoms with Crippen LogP contribution in [0.1, 0.15) is 32.6 Å². The number of nitrogens with zero attached hydrogens (tertiary/aromatic N) is 1. The van der Waals surface area contributed by atoms with Crippen LogP contribution in [0.5, 0.6) is 0 Å². The molecule has 5 heteroatoms. The zero-order valence-electron chi connectivity index (χ0n) is 16.5. The van der Waals surface area contributed by atoms with Crippen LogP contribution in [-0.2, 0) is 9.36 Å². The summed E-state index contributed by atoms with van der Waals surface area (Å²) in [6, 6.07) is 19.6. The molecule has 1 fully saturated rings. The van der Waals surface area contributed by atoms with Crippen LogP contribution in [0.25, 0.3) is 0 Å². The molecule has 1 saturated carbocycles. The smallest absolute Gasteiger partial charge is 0.217 e. The first-order chi connectivity index (χ1) is 13.6. The summed E-state index contributed by atoms with van der Waals surface area (Å²) < 4.78 is 13.9. The lowest BCUT2D eigenvalue weighted by Crippen LogP contribution is -2.41. The van der Waals surface area contributed by atoms with E-state index in [0.717, 1.165) is 29.9 Å². The van der Waals surface area contributed by atoms with Crippen molar-refractivity contribution < 1.29 is 9.36 Å². The van der Waals surface area contributed by atoms with Gasteiger partial charge >= 0.3 is 0 Å². The van der Waals surface area contributed by atoms with Gasteiger partial charge in [-0.2, -0.15) is 0 Å². The number of hydrogen-bond donors (Lipinski definition) is 1. The van der Waals surface area contributed by atoms with E-state index in [9.17, 15) is 9.36 Å². The van der Waals surface area contributed by atoms with Gasteiger partial charge in [0, 0.05) is 48.4 Å². The summed E-state index contributed by atoms with van der Waals surface area (Å²) in [5, 5.41) is 4.82. The lowest BCUT2D eigenvalue weighted by Gasteiger charge is -2.29. The van der Waals surface area contributed by atoms with Gasteiger partial charge in [0.15, 0.2) is 0 Å². The largest absolute Gasteiger partial charge is 0.353 e. The SMILES string of the molecule is CC(=O)N[C@@H]1CCCCC1/C=N/CCP(=O)(c1ccccc1)c1ccccc1. The number of nitrogens with one attached hydrogen (secondary N) is 1. The van der Waals surface area contributed by atoms with E-state index < -0.39 is 7.14 Å². The molecule has 0 bridgehead atoms. The van der Waals surface area contributed by atoms with E-state index in [4.69, 9.17) is 0 Å². The van der Waals surface area contributed by atoms with Gasteiger partial charge in [-0.05, 0) is 12.8 Å². The Kier molecular flexibility index (Phi) is 7.22. The molecule has 2 aromatic carbocycles. The van der Waals surface area contributed by atoms with Gasteiger partial charge in [-0.1, -0.05) is 73.5 Å². The molecule has 0 spiro atoms. The van der Waals surface area contributed by atoms with Gasteiger partial charge in [-0.3, -0.25) is 9.79 Å². The molecular formula is C23H29N2O2P. The third kappa shape index (κ3) is 5.20. The highest BCUT2D eigenvalue weighted by atomic mass is 31.2. The average molecular weight is 396 g/mol. The molecule has 1 aliphatic rings. The number of carbonyl (C=O) groups is 1. The number of amides is 1. The first kappa shape index (κ1) is 20.5. The van der Waals surface area contributed by atoms with Gasteiger partial charge < -0.3 is 9.88 Å². The third-order valence-electron chi connectivity index (χ3n) is 5.40. The molecular weight excluding hydrogens is 367 g/mol. The molecule has 1 aliphatic carbocycles. The van der Waals surface area contributed by atoms with Gasteiger partial charge in [0.2, 0.25) is 5.91 Å². The van der Waals surface area contributed by atoms with Crippen molar-refractivity contribution in [1.29, 1.82) is 0 Å².